The Kier molecular flexibility index (Phi) is 6.79. The molecule has 0 bridgehead atoms. The molecule has 1 aliphatic rings. The van der Waals surface area contributed by atoms with Gasteiger partial charge < -0.3 is 24.3 Å². The van der Waals surface area contributed by atoms with Crippen LogP contribution in [-0.4, -0.2) is 38.9 Å². The fourth-order valence-electron chi connectivity index (χ4n) is 2.64. The summed E-state index contributed by atoms with van der Waals surface area (Å²) in [6.07, 6.45) is 1.68. The monoisotopic (exact) mass is 371 g/mol. The van der Waals surface area contributed by atoms with E-state index in [2.05, 4.69) is 12.2 Å². The zero-order valence-electron chi connectivity index (χ0n) is 15.5. The van der Waals surface area contributed by atoms with Crippen LogP contribution in [0.3, 0.4) is 0 Å². The van der Waals surface area contributed by atoms with E-state index in [1.807, 2.05) is 30.3 Å². The van der Waals surface area contributed by atoms with Gasteiger partial charge in [-0.2, -0.15) is 0 Å². The van der Waals surface area contributed by atoms with E-state index in [9.17, 15) is 4.79 Å². The zero-order chi connectivity index (χ0) is 18.9. The lowest BCUT2D eigenvalue weighted by atomic mass is 10.1. The number of ether oxygens (including phenoxy) is 4. The Bertz CT molecular complexity index is 745. The lowest BCUT2D eigenvalue weighted by molar-refractivity contribution is -0.123. The van der Waals surface area contributed by atoms with Crippen molar-refractivity contribution in [3.63, 3.8) is 0 Å². The number of fused-ring (bicyclic) bond motifs is 1. The molecule has 0 fully saturated rings. The number of benzene rings is 2. The van der Waals surface area contributed by atoms with Crippen LogP contribution in [0.5, 0.6) is 23.0 Å². The number of carbonyl (C=O) groups excluding carboxylic acids is 1. The highest BCUT2D eigenvalue weighted by molar-refractivity contribution is 5.77. The van der Waals surface area contributed by atoms with Crippen LogP contribution in [0, 0.1) is 0 Å². The summed E-state index contributed by atoms with van der Waals surface area (Å²) < 4.78 is 22.1. The van der Waals surface area contributed by atoms with E-state index < -0.39 is 0 Å². The third-order valence-corrected chi connectivity index (χ3v) is 4.01. The molecule has 27 heavy (non-hydrogen) atoms. The van der Waals surface area contributed by atoms with Crippen LogP contribution in [0.1, 0.15) is 18.9 Å². The maximum Gasteiger partial charge on any atom is 0.257 e. The highest BCUT2D eigenvalue weighted by Gasteiger charge is 2.11. The van der Waals surface area contributed by atoms with Crippen molar-refractivity contribution in [3.8, 4) is 23.0 Å². The predicted molar refractivity (Wildman–Crippen MR) is 102 cm³/mol. The van der Waals surface area contributed by atoms with Crippen LogP contribution in [0.4, 0.5) is 0 Å². The van der Waals surface area contributed by atoms with E-state index in [0.717, 1.165) is 29.2 Å². The Morgan fingerprint density at radius 2 is 1.70 bits per heavy atom. The molecule has 2 aromatic carbocycles. The van der Waals surface area contributed by atoms with Gasteiger partial charge in [-0.25, -0.2) is 0 Å². The molecule has 0 aromatic heterocycles. The third kappa shape index (κ3) is 5.81. The number of amides is 1. The van der Waals surface area contributed by atoms with Crippen molar-refractivity contribution in [2.45, 2.75) is 19.8 Å². The summed E-state index contributed by atoms with van der Waals surface area (Å²) in [6, 6.07) is 13.1. The Labute approximate surface area is 159 Å². The van der Waals surface area contributed by atoms with Gasteiger partial charge in [-0.05, 0) is 54.8 Å². The lowest BCUT2D eigenvalue weighted by Crippen LogP contribution is -2.30. The fourth-order valence-corrected chi connectivity index (χ4v) is 2.64. The second-order valence-electron chi connectivity index (χ2n) is 6.19. The van der Waals surface area contributed by atoms with Gasteiger partial charge in [0.1, 0.15) is 24.7 Å². The van der Waals surface area contributed by atoms with E-state index in [-0.39, 0.29) is 12.5 Å². The second-order valence-corrected chi connectivity index (χ2v) is 6.19. The highest BCUT2D eigenvalue weighted by Crippen LogP contribution is 2.30. The molecule has 0 atom stereocenters. The lowest BCUT2D eigenvalue weighted by Gasteiger charge is -2.18. The molecule has 3 rings (SSSR count). The Morgan fingerprint density at radius 3 is 2.44 bits per heavy atom. The van der Waals surface area contributed by atoms with E-state index in [1.165, 1.54) is 0 Å². The number of nitrogens with one attached hydrogen (secondary N) is 1. The first-order valence-electron chi connectivity index (χ1n) is 9.25. The predicted octanol–water partition coefficient (Wildman–Crippen LogP) is 2.98. The summed E-state index contributed by atoms with van der Waals surface area (Å²) in [5, 5.41) is 2.86. The number of hydrogen-bond donors (Lipinski definition) is 1. The van der Waals surface area contributed by atoms with Crippen molar-refractivity contribution in [1.82, 2.24) is 5.32 Å². The Balaban J connectivity index is 1.37. The third-order valence-electron chi connectivity index (χ3n) is 4.01. The quantitative estimate of drug-likeness (QED) is 0.734. The van der Waals surface area contributed by atoms with E-state index in [1.54, 1.807) is 12.1 Å². The molecule has 0 radical (unpaired) electrons. The van der Waals surface area contributed by atoms with Crippen LogP contribution in [-0.2, 0) is 11.2 Å². The average Bonchev–Trinajstić information content (AvgIpc) is 2.71. The smallest absolute Gasteiger partial charge is 0.257 e. The molecule has 144 valence electrons. The zero-order valence-corrected chi connectivity index (χ0v) is 15.5. The standard InChI is InChI=1S/C21H25NO5/c1-2-11-24-17-4-6-18(7-5-17)27-15-21(23)22-10-9-16-3-8-19-20(14-16)26-13-12-25-19/h3-8,14H,2,9-13,15H2,1H3,(H,22,23). The summed E-state index contributed by atoms with van der Waals surface area (Å²) >= 11 is 0. The summed E-state index contributed by atoms with van der Waals surface area (Å²) in [5.41, 5.74) is 1.09. The number of rotatable bonds is 9. The number of carbonyl (C=O) groups is 1. The average molecular weight is 371 g/mol. The maximum absolute atomic E-state index is 11.9. The Hall–Kier alpha value is -2.89. The second kappa shape index (κ2) is 9.71. The van der Waals surface area contributed by atoms with Crippen molar-refractivity contribution in [2.75, 3.05) is 33.0 Å². The highest BCUT2D eigenvalue weighted by atomic mass is 16.6. The minimum atomic E-state index is -0.154. The van der Waals surface area contributed by atoms with E-state index in [0.29, 0.717) is 38.5 Å². The molecule has 0 unspecified atom stereocenters. The molecule has 0 saturated heterocycles. The van der Waals surface area contributed by atoms with Crippen LogP contribution in [0.2, 0.25) is 0 Å². The van der Waals surface area contributed by atoms with Crippen LogP contribution < -0.4 is 24.3 Å². The van der Waals surface area contributed by atoms with Crippen molar-refractivity contribution in [2.24, 2.45) is 0 Å². The fraction of sp³-hybridized carbons (Fsp3) is 0.381. The van der Waals surface area contributed by atoms with Crippen molar-refractivity contribution in [3.05, 3.63) is 48.0 Å². The summed E-state index contributed by atoms with van der Waals surface area (Å²) in [4.78, 5) is 11.9. The largest absolute Gasteiger partial charge is 0.494 e. The topological polar surface area (TPSA) is 66.0 Å². The maximum atomic E-state index is 11.9. The molecule has 6 nitrogen and oxygen atoms in total. The van der Waals surface area contributed by atoms with Gasteiger partial charge >= 0.3 is 0 Å². The van der Waals surface area contributed by atoms with Crippen molar-refractivity contribution < 1.29 is 23.7 Å². The minimum Gasteiger partial charge on any atom is -0.494 e. The van der Waals surface area contributed by atoms with Gasteiger partial charge in [0.15, 0.2) is 18.1 Å². The van der Waals surface area contributed by atoms with Gasteiger partial charge in [0.05, 0.1) is 6.61 Å². The molecule has 0 saturated carbocycles. The molecule has 6 heteroatoms. The van der Waals surface area contributed by atoms with Gasteiger partial charge in [-0.3, -0.25) is 4.79 Å². The van der Waals surface area contributed by atoms with Crippen LogP contribution in [0.25, 0.3) is 0 Å². The molecule has 2 aromatic rings. The molecule has 1 amide bonds. The SMILES string of the molecule is CCCOc1ccc(OCC(=O)NCCc2ccc3c(c2)OCCO3)cc1. The summed E-state index contributed by atoms with van der Waals surface area (Å²) in [6.45, 7) is 4.41. The van der Waals surface area contributed by atoms with Gasteiger partial charge in [0, 0.05) is 6.54 Å². The minimum absolute atomic E-state index is 0.0176. The molecular formula is C21H25NO5. The van der Waals surface area contributed by atoms with Gasteiger partial charge in [0.2, 0.25) is 0 Å². The first kappa shape index (κ1) is 18.9. The molecular weight excluding hydrogens is 346 g/mol. The van der Waals surface area contributed by atoms with Crippen molar-refractivity contribution >= 4 is 5.91 Å². The molecule has 1 heterocycles. The van der Waals surface area contributed by atoms with Crippen LogP contribution in [0.15, 0.2) is 42.5 Å². The van der Waals surface area contributed by atoms with Gasteiger partial charge in [0.25, 0.3) is 5.91 Å². The molecule has 1 aliphatic heterocycles. The first-order valence-corrected chi connectivity index (χ1v) is 9.25. The molecule has 0 aliphatic carbocycles. The summed E-state index contributed by atoms with van der Waals surface area (Å²) in [7, 11) is 0. The van der Waals surface area contributed by atoms with E-state index >= 15 is 0 Å². The Morgan fingerprint density at radius 1 is 1.00 bits per heavy atom. The van der Waals surface area contributed by atoms with Gasteiger partial charge in [-0.15, -0.1) is 0 Å². The van der Waals surface area contributed by atoms with E-state index in [4.69, 9.17) is 18.9 Å². The van der Waals surface area contributed by atoms with Gasteiger partial charge in [-0.1, -0.05) is 13.0 Å². The molecule has 0 spiro atoms. The van der Waals surface area contributed by atoms with Crippen molar-refractivity contribution in [1.29, 1.82) is 0 Å². The first-order chi connectivity index (χ1) is 13.2. The molecule has 1 N–H and O–H groups in total. The summed E-state index contributed by atoms with van der Waals surface area (Å²) in [5.74, 6) is 2.82. The van der Waals surface area contributed by atoms with Crippen LogP contribution >= 0.6 is 0 Å². The number of hydrogen-bond acceptors (Lipinski definition) is 5. The normalized spacial score (nSPS) is 12.3.